The van der Waals surface area contributed by atoms with Gasteiger partial charge in [-0.2, -0.15) is 0 Å². The van der Waals surface area contributed by atoms with Gasteiger partial charge in [0, 0.05) is 25.2 Å². The normalized spacial score (nSPS) is 23.9. The molecular formula is C17H33N3O. The van der Waals surface area contributed by atoms with Crippen molar-refractivity contribution in [3.05, 3.63) is 0 Å². The molecule has 0 aromatic heterocycles. The van der Waals surface area contributed by atoms with Crippen molar-refractivity contribution >= 4 is 5.91 Å². The summed E-state index contributed by atoms with van der Waals surface area (Å²) in [5.74, 6) is 0.828. The maximum Gasteiger partial charge on any atom is 0.234 e. The lowest BCUT2D eigenvalue weighted by Crippen LogP contribution is -2.47. The SMILES string of the molecule is CC(C)CN(CC(=O)NC1CCCCC1)CC1CCCN1. The van der Waals surface area contributed by atoms with Gasteiger partial charge in [-0.05, 0) is 38.1 Å². The zero-order valence-electron chi connectivity index (χ0n) is 13.9. The van der Waals surface area contributed by atoms with Gasteiger partial charge in [-0.3, -0.25) is 9.69 Å². The summed E-state index contributed by atoms with van der Waals surface area (Å²) in [4.78, 5) is 14.6. The first-order chi connectivity index (χ1) is 10.1. The highest BCUT2D eigenvalue weighted by Gasteiger charge is 2.22. The van der Waals surface area contributed by atoms with E-state index >= 15 is 0 Å². The third-order valence-corrected chi connectivity index (χ3v) is 4.60. The number of amides is 1. The first-order valence-electron chi connectivity index (χ1n) is 8.88. The number of hydrogen-bond donors (Lipinski definition) is 2. The Bertz CT molecular complexity index is 307. The molecule has 122 valence electrons. The average molecular weight is 295 g/mol. The van der Waals surface area contributed by atoms with Crippen LogP contribution in [0.1, 0.15) is 58.8 Å². The Balaban J connectivity index is 1.76. The molecule has 2 N–H and O–H groups in total. The minimum Gasteiger partial charge on any atom is -0.352 e. The molecule has 1 saturated heterocycles. The van der Waals surface area contributed by atoms with E-state index in [1.54, 1.807) is 0 Å². The Morgan fingerprint density at radius 3 is 2.57 bits per heavy atom. The van der Waals surface area contributed by atoms with Crippen molar-refractivity contribution in [1.82, 2.24) is 15.5 Å². The molecule has 0 radical (unpaired) electrons. The first kappa shape index (κ1) is 16.8. The summed E-state index contributed by atoms with van der Waals surface area (Å²) in [5.41, 5.74) is 0. The molecule has 0 aromatic rings. The average Bonchev–Trinajstić information content (AvgIpc) is 2.91. The third kappa shape index (κ3) is 6.35. The van der Waals surface area contributed by atoms with Crippen LogP contribution in [-0.4, -0.2) is 49.1 Å². The molecule has 0 aromatic carbocycles. The smallest absolute Gasteiger partial charge is 0.234 e. The highest BCUT2D eigenvalue weighted by Crippen LogP contribution is 2.17. The molecule has 4 nitrogen and oxygen atoms in total. The van der Waals surface area contributed by atoms with Gasteiger partial charge in [-0.15, -0.1) is 0 Å². The third-order valence-electron chi connectivity index (χ3n) is 4.60. The van der Waals surface area contributed by atoms with E-state index < -0.39 is 0 Å². The number of rotatable bonds is 7. The van der Waals surface area contributed by atoms with Crippen molar-refractivity contribution < 1.29 is 4.79 Å². The van der Waals surface area contributed by atoms with Gasteiger partial charge in [0.05, 0.1) is 6.54 Å². The van der Waals surface area contributed by atoms with Gasteiger partial charge in [0.1, 0.15) is 0 Å². The lowest BCUT2D eigenvalue weighted by Gasteiger charge is -2.28. The van der Waals surface area contributed by atoms with E-state index in [2.05, 4.69) is 29.4 Å². The van der Waals surface area contributed by atoms with Gasteiger partial charge in [-0.25, -0.2) is 0 Å². The summed E-state index contributed by atoms with van der Waals surface area (Å²) in [6.07, 6.45) is 8.73. The lowest BCUT2D eigenvalue weighted by atomic mass is 9.95. The Labute approximate surface area is 130 Å². The van der Waals surface area contributed by atoms with Gasteiger partial charge in [0.25, 0.3) is 0 Å². The first-order valence-corrected chi connectivity index (χ1v) is 8.88. The second-order valence-electron chi connectivity index (χ2n) is 7.28. The minimum atomic E-state index is 0.223. The Hall–Kier alpha value is -0.610. The monoisotopic (exact) mass is 295 g/mol. The molecule has 1 saturated carbocycles. The Morgan fingerprint density at radius 2 is 1.95 bits per heavy atom. The van der Waals surface area contributed by atoms with E-state index in [0.29, 0.717) is 24.5 Å². The molecule has 2 fully saturated rings. The molecular weight excluding hydrogens is 262 g/mol. The summed E-state index contributed by atoms with van der Waals surface area (Å²) in [6.45, 7) is 8.18. The molecule has 0 bridgehead atoms. The van der Waals surface area contributed by atoms with Crippen LogP contribution in [0.5, 0.6) is 0 Å². The van der Waals surface area contributed by atoms with Crippen LogP contribution in [-0.2, 0) is 4.79 Å². The van der Waals surface area contributed by atoms with Crippen LogP contribution in [0, 0.1) is 5.92 Å². The van der Waals surface area contributed by atoms with Gasteiger partial charge in [0.15, 0.2) is 0 Å². The molecule has 1 heterocycles. The van der Waals surface area contributed by atoms with E-state index in [0.717, 1.165) is 19.6 Å². The fraction of sp³-hybridized carbons (Fsp3) is 0.941. The van der Waals surface area contributed by atoms with Crippen molar-refractivity contribution in [2.45, 2.75) is 70.9 Å². The molecule has 2 aliphatic rings. The minimum absolute atomic E-state index is 0.223. The highest BCUT2D eigenvalue weighted by molar-refractivity contribution is 5.78. The molecule has 4 heteroatoms. The molecule has 2 rings (SSSR count). The predicted octanol–water partition coefficient (Wildman–Crippen LogP) is 2.15. The molecule has 1 unspecified atom stereocenters. The van der Waals surface area contributed by atoms with Crippen molar-refractivity contribution in [2.75, 3.05) is 26.2 Å². The zero-order valence-corrected chi connectivity index (χ0v) is 13.9. The van der Waals surface area contributed by atoms with Gasteiger partial charge < -0.3 is 10.6 Å². The number of hydrogen-bond acceptors (Lipinski definition) is 3. The van der Waals surface area contributed by atoms with Crippen molar-refractivity contribution in [2.24, 2.45) is 5.92 Å². The zero-order chi connectivity index (χ0) is 15.1. The van der Waals surface area contributed by atoms with E-state index in [1.807, 2.05) is 0 Å². The highest BCUT2D eigenvalue weighted by atomic mass is 16.2. The van der Waals surface area contributed by atoms with E-state index in [9.17, 15) is 4.79 Å². The second kappa shape index (κ2) is 8.74. The molecule has 21 heavy (non-hydrogen) atoms. The Kier molecular flexibility index (Phi) is 6.97. The summed E-state index contributed by atoms with van der Waals surface area (Å²) in [6, 6.07) is 1.00. The van der Waals surface area contributed by atoms with Crippen LogP contribution in [0.25, 0.3) is 0 Å². The van der Waals surface area contributed by atoms with Crippen molar-refractivity contribution in [3.8, 4) is 0 Å². The maximum atomic E-state index is 12.3. The lowest BCUT2D eigenvalue weighted by molar-refractivity contribution is -0.123. The van der Waals surface area contributed by atoms with Crippen LogP contribution in [0.3, 0.4) is 0 Å². The van der Waals surface area contributed by atoms with Gasteiger partial charge in [0.2, 0.25) is 5.91 Å². The topological polar surface area (TPSA) is 44.4 Å². The Morgan fingerprint density at radius 1 is 1.19 bits per heavy atom. The number of nitrogens with one attached hydrogen (secondary N) is 2. The number of carbonyl (C=O) groups is 1. The second-order valence-corrected chi connectivity index (χ2v) is 7.28. The van der Waals surface area contributed by atoms with Crippen molar-refractivity contribution in [1.29, 1.82) is 0 Å². The fourth-order valence-corrected chi connectivity index (χ4v) is 3.67. The summed E-state index contributed by atoms with van der Waals surface area (Å²) in [7, 11) is 0. The van der Waals surface area contributed by atoms with Crippen LogP contribution in [0.4, 0.5) is 0 Å². The van der Waals surface area contributed by atoms with Gasteiger partial charge in [-0.1, -0.05) is 33.1 Å². The van der Waals surface area contributed by atoms with Crippen LogP contribution in [0.2, 0.25) is 0 Å². The molecule has 1 aliphatic heterocycles. The quantitative estimate of drug-likeness (QED) is 0.756. The van der Waals surface area contributed by atoms with Crippen LogP contribution >= 0.6 is 0 Å². The number of carbonyl (C=O) groups excluding carboxylic acids is 1. The van der Waals surface area contributed by atoms with Crippen molar-refractivity contribution in [3.63, 3.8) is 0 Å². The molecule has 1 amide bonds. The number of nitrogens with zero attached hydrogens (tertiary/aromatic N) is 1. The molecule has 1 atom stereocenters. The standard InChI is InChI=1S/C17H33N3O/c1-14(2)11-20(12-16-9-6-10-18-16)13-17(21)19-15-7-4-3-5-8-15/h14-16,18H,3-13H2,1-2H3,(H,19,21). The van der Waals surface area contributed by atoms with Crippen LogP contribution < -0.4 is 10.6 Å². The molecule has 0 spiro atoms. The van der Waals surface area contributed by atoms with Gasteiger partial charge >= 0.3 is 0 Å². The largest absolute Gasteiger partial charge is 0.352 e. The maximum absolute atomic E-state index is 12.3. The van der Waals surface area contributed by atoms with Crippen LogP contribution in [0.15, 0.2) is 0 Å². The summed E-state index contributed by atoms with van der Waals surface area (Å²) >= 11 is 0. The predicted molar refractivity (Wildman–Crippen MR) is 87.3 cm³/mol. The molecule has 1 aliphatic carbocycles. The van der Waals surface area contributed by atoms with E-state index in [1.165, 1.54) is 44.9 Å². The summed E-state index contributed by atoms with van der Waals surface area (Å²) in [5, 5.41) is 6.79. The van der Waals surface area contributed by atoms with E-state index in [4.69, 9.17) is 0 Å². The fourth-order valence-electron chi connectivity index (χ4n) is 3.67. The van der Waals surface area contributed by atoms with E-state index in [-0.39, 0.29) is 5.91 Å². The summed E-state index contributed by atoms with van der Waals surface area (Å²) < 4.78 is 0.